The SMILES string of the molecule is CN1c2cc(C(=O)O)ccc2NCC12CCCC2. The van der Waals surface area contributed by atoms with Crippen molar-refractivity contribution in [1.29, 1.82) is 0 Å². The maximum atomic E-state index is 11.1. The first-order chi connectivity index (χ1) is 8.62. The number of nitrogens with zero attached hydrogens (tertiary/aromatic N) is 1. The third kappa shape index (κ3) is 1.55. The van der Waals surface area contributed by atoms with Gasteiger partial charge in [-0.15, -0.1) is 0 Å². The Morgan fingerprint density at radius 2 is 2.11 bits per heavy atom. The zero-order valence-corrected chi connectivity index (χ0v) is 10.6. The van der Waals surface area contributed by atoms with Gasteiger partial charge < -0.3 is 15.3 Å². The first-order valence-electron chi connectivity index (χ1n) is 6.47. The maximum absolute atomic E-state index is 11.1. The number of hydrogen-bond donors (Lipinski definition) is 2. The second-order valence-electron chi connectivity index (χ2n) is 5.38. The van der Waals surface area contributed by atoms with Crippen LogP contribution in [0.2, 0.25) is 0 Å². The van der Waals surface area contributed by atoms with Crippen LogP contribution in [-0.4, -0.2) is 30.2 Å². The molecule has 1 fully saturated rings. The van der Waals surface area contributed by atoms with Gasteiger partial charge in [-0.3, -0.25) is 0 Å². The third-order valence-electron chi connectivity index (χ3n) is 4.46. The molecule has 1 aromatic rings. The molecule has 1 spiro atoms. The number of aromatic carboxylic acids is 1. The molecule has 0 amide bonds. The fourth-order valence-electron chi connectivity index (χ4n) is 3.27. The minimum absolute atomic E-state index is 0.185. The molecule has 0 radical (unpaired) electrons. The largest absolute Gasteiger partial charge is 0.478 e. The van der Waals surface area contributed by atoms with Crippen molar-refractivity contribution in [3.05, 3.63) is 23.8 Å². The van der Waals surface area contributed by atoms with E-state index in [4.69, 9.17) is 5.11 Å². The quantitative estimate of drug-likeness (QED) is 0.799. The molecule has 0 bridgehead atoms. The van der Waals surface area contributed by atoms with E-state index in [1.165, 1.54) is 25.7 Å². The highest BCUT2D eigenvalue weighted by atomic mass is 16.4. The molecule has 0 saturated heterocycles. The van der Waals surface area contributed by atoms with Crippen molar-refractivity contribution in [3.8, 4) is 0 Å². The first-order valence-corrected chi connectivity index (χ1v) is 6.47. The molecule has 4 heteroatoms. The Labute approximate surface area is 107 Å². The molecule has 1 saturated carbocycles. The summed E-state index contributed by atoms with van der Waals surface area (Å²) in [7, 11) is 2.09. The average Bonchev–Trinajstić information content (AvgIpc) is 2.84. The van der Waals surface area contributed by atoms with Crippen LogP contribution in [0.1, 0.15) is 36.0 Å². The fraction of sp³-hybridized carbons (Fsp3) is 0.500. The summed E-state index contributed by atoms with van der Waals surface area (Å²) in [5, 5.41) is 12.5. The number of likely N-dealkylation sites (N-methyl/N-ethyl adjacent to an activating group) is 1. The van der Waals surface area contributed by atoms with Gasteiger partial charge in [0.2, 0.25) is 0 Å². The Morgan fingerprint density at radius 1 is 1.39 bits per heavy atom. The molecule has 1 aliphatic heterocycles. The molecule has 2 N–H and O–H groups in total. The number of benzene rings is 1. The highest BCUT2D eigenvalue weighted by molar-refractivity contribution is 5.91. The zero-order valence-electron chi connectivity index (χ0n) is 10.6. The number of carboxylic acids is 1. The van der Waals surface area contributed by atoms with Gasteiger partial charge >= 0.3 is 5.97 Å². The van der Waals surface area contributed by atoms with Gasteiger partial charge in [-0.1, -0.05) is 12.8 Å². The van der Waals surface area contributed by atoms with E-state index in [0.29, 0.717) is 5.56 Å². The Bertz CT molecular complexity index is 493. The molecular weight excluding hydrogens is 228 g/mol. The summed E-state index contributed by atoms with van der Waals surface area (Å²) in [6, 6.07) is 5.32. The fourth-order valence-corrected chi connectivity index (χ4v) is 3.27. The number of nitrogens with one attached hydrogen (secondary N) is 1. The van der Waals surface area contributed by atoms with Crippen molar-refractivity contribution in [1.82, 2.24) is 0 Å². The van der Waals surface area contributed by atoms with Gasteiger partial charge in [-0.25, -0.2) is 4.79 Å². The topological polar surface area (TPSA) is 52.6 Å². The number of anilines is 2. The molecule has 0 unspecified atom stereocenters. The monoisotopic (exact) mass is 246 g/mol. The third-order valence-corrected chi connectivity index (χ3v) is 4.46. The Morgan fingerprint density at radius 3 is 2.78 bits per heavy atom. The minimum Gasteiger partial charge on any atom is -0.478 e. The van der Waals surface area contributed by atoms with Crippen molar-refractivity contribution >= 4 is 17.3 Å². The smallest absolute Gasteiger partial charge is 0.335 e. The maximum Gasteiger partial charge on any atom is 0.335 e. The predicted molar refractivity (Wildman–Crippen MR) is 71.5 cm³/mol. The van der Waals surface area contributed by atoms with E-state index in [0.717, 1.165) is 17.9 Å². The van der Waals surface area contributed by atoms with E-state index in [1.54, 1.807) is 12.1 Å². The van der Waals surface area contributed by atoms with Crippen molar-refractivity contribution < 1.29 is 9.90 Å². The van der Waals surface area contributed by atoms with Gasteiger partial charge in [0.1, 0.15) is 0 Å². The van der Waals surface area contributed by atoms with Gasteiger partial charge in [0.05, 0.1) is 22.5 Å². The van der Waals surface area contributed by atoms with E-state index in [9.17, 15) is 4.79 Å². The molecule has 0 aromatic heterocycles. The second-order valence-corrected chi connectivity index (χ2v) is 5.38. The summed E-state index contributed by atoms with van der Waals surface area (Å²) in [5.41, 5.74) is 2.60. The molecule has 1 heterocycles. The van der Waals surface area contributed by atoms with Crippen LogP contribution in [0.5, 0.6) is 0 Å². The average molecular weight is 246 g/mol. The molecule has 1 aromatic carbocycles. The van der Waals surface area contributed by atoms with Gasteiger partial charge in [0.15, 0.2) is 0 Å². The highest BCUT2D eigenvalue weighted by Crippen LogP contribution is 2.43. The molecule has 2 aliphatic rings. The first kappa shape index (κ1) is 11.4. The van der Waals surface area contributed by atoms with Gasteiger partial charge in [0.25, 0.3) is 0 Å². The van der Waals surface area contributed by atoms with Crippen molar-refractivity contribution in [2.45, 2.75) is 31.2 Å². The van der Waals surface area contributed by atoms with E-state index in [-0.39, 0.29) is 5.54 Å². The van der Waals surface area contributed by atoms with Crippen LogP contribution in [-0.2, 0) is 0 Å². The molecular formula is C14H18N2O2. The number of carbonyl (C=O) groups is 1. The van der Waals surface area contributed by atoms with E-state index in [1.807, 2.05) is 6.07 Å². The molecule has 3 rings (SSSR count). The lowest BCUT2D eigenvalue weighted by Crippen LogP contribution is -2.52. The summed E-state index contributed by atoms with van der Waals surface area (Å²) >= 11 is 0. The van der Waals surface area contributed by atoms with Crippen molar-refractivity contribution in [3.63, 3.8) is 0 Å². The Hall–Kier alpha value is -1.71. The van der Waals surface area contributed by atoms with Crippen LogP contribution >= 0.6 is 0 Å². The zero-order chi connectivity index (χ0) is 12.8. The summed E-state index contributed by atoms with van der Waals surface area (Å²) in [4.78, 5) is 13.4. The lowest BCUT2D eigenvalue weighted by atomic mass is 9.91. The number of rotatable bonds is 1. The second kappa shape index (κ2) is 3.90. The van der Waals surface area contributed by atoms with Crippen LogP contribution in [0.15, 0.2) is 18.2 Å². The van der Waals surface area contributed by atoms with Gasteiger partial charge in [0, 0.05) is 13.6 Å². The van der Waals surface area contributed by atoms with Crippen molar-refractivity contribution in [2.75, 3.05) is 23.8 Å². The van der Waals surface area contributed by atoms with E-state index >= 15 is 0 Å². The molecule has 4 nitrogen and oxygen atoms in total. The van der Waals surface area contributed by atoms with Crippen molar-refractivity contribution in [2.24, 2.45) is 0 Å². The summed E-state index contributed by atoms with van der Waals surface area (Å²) in [6.07, 6.45) is 4.90. The minimum atomic E-state index is -0.864. The molecule has 96 valence electrons. The summed E-state index contributed by atoms with van der Waals surface area (Å²) in [6.45, 7) is 0.961. The normalized spacial score (nSPS) is 20.6. The Kier molecular flexibility index (Phi) is 2.47. The van der Waals surface area contributed by atoms with Crippen LogP contribution < -0.4 is 10.2 Å². The number of hydrogen-bond acceptors (Lipinski definition) is 3. The lowest BCUT2D eigenvalue weighted by Gasteiger charge is -2.45. The number of carboxylic acid groups (broad SMARTS) is 1. The molecule has 0 atom stereocenters. The van der Waals surface area contributed by atoms with Crippen LogP contribution in [0, 0.1) is 0 Å². The summed E-state index contributed by atoms with van der Waals surface area (Å²) in [5.74, 6) is -0.864. The highest BCUT2D eigenvalue weighted by Gasteiger charge is 2.41. The standard InChI is InChI=1S/C14H18N2O2/c1-16-12-8-10(13(17)18)4-5-11(12)15-9-14(16)6-2-3-7-14/h4-5,8,15H,2-3,6-7,9H2,1H3,(H,17,18). The van der Waals surface area contributed by atoms with E-state index < -0.39 is 5.97 Å². The summed E-state index contributed by atoms with van der Waals surface area (Å²) < 4.78 is 0. The van der Waals surface area contributed by atoms with Crippen LogP contribution in [0.25, 0.3) is 0 Å². The van der Waals surface area contributed by atoms with Gasteiger partial charge in [-0.05, 0) is 31.0 Å². The molecule has 18 heavy (non-hydrogen) atoms. The van der Waals surface area contributed by atoms with E-state index in [2.05, 4.69) is 17.3 Å². The lowest BCUT2D eigenvalue weighted by molar-refractivity contribution is 0.0697. The van der Waals surface area contributed by atoms with Crippen LogP contribution in [0.3, 0.4) is 0 Å². The predicted octanol–water partition coefficient (Wildman–Crippen LogP) is 2.56. The number of fused-ring (bicyclic) bond motifs is 1. The molecule has 1 aliphatic carbocycles. The Balaban J connectivity index is 2.02. The van der Waals surface area contributed by atoms with Crippen LogP contribution in [0.4, 0.5) is 11.4 Å². The van der Waals surface area contributed by atoms with Gasteiger partial charge in [-0.2, -0.15) is 0 Å².